The molecule has 140 valence electrons. The molecule has 0 radical (unpaired) electrons. The first-order valence-electron chi connectivity index (χ1n) is 9.64. The van der Waals surface area contributed by atoms with Gasteiger partial charge in [-0.3, -0.25) is 4.79 Å². The molecule has 4 nitrogen and oxygen atoms in total. The Balaban J connectivity index is 1.73. The lowest BCUT2D eigenvalue weighted by atomic mass is 9.72. The molecule has 0 spiro atoms. The lowest BCUT2D eigenvalue weighted by Crippen LogP contribution is -2.43. The lowest BCUT2D eigenvalue weighted by Gasteiger charge is -2.38. The van der Waals surface area contributed by atoms with Crippen molar-refractivity contribution in [2.75, 3.05) is 0 Å². The highest BCUT2D eigenvalue weighted by molar-refractivity contribution is 6.01. The number of hydrogen-bond donors (Lipinski definition) is 1. The van der Waals surface area contributed by atoms with Gasteiger partial charge in [0.15, 0.2) is 0 Å². The quantitative estimate of drug-likeness (QED) is 0.563. The van der Waals surface area contributed by atoms with E-state index >= 15 is 0 Å². The largest absolute Gasteiger partial charge is 0.455 e. The highest BCUT2D eigenvalue weighted by Crippen LogP contribution is 2.42. The van der Waals surface area contributed by atoms with Crippen molar-refractivity contribution in [3.05, 3.63) is 82.8 Å². The number of hydrogen-bond acceptors (Lipinski definition) is 3. The molecular formula is C24H22N2O2. The predicted octanol–water partition coefficient (Wildman–Crippen LogP) is 4.80. The van der Waals surface area contributed by atoms with Crippen molar-refractivity contribution in [3.8, 4) is 22.5 Å². The Morgan fingerprint density at radius 2 is 1.68 bits per heavy atom. The molecule has 1 aliphatic carbocycles. The molecule has 28 heavy (non-hydrogen) atoms. The molecule has 0 saturated heterocycles. The second-order valence-electron chi connectivity index (χ2n) is 7.73. The summed E-state index contributed by atoms with van der Waals surface area (Å²) in [5.74, 6) is 0.718. The van der Waals surface area contributed by atoms with Crippen LogP contribution in [0.4, 0.5) is 0 Å². The van der Waals surface area contributed by atoms with Gasteiger partial charge in [0.25, 0.3) is 5.56 Å². The van der Waals surface area contributed by atoms with E-state index < -0.39 is 0 Å². The number of aryl methyl sites for hydroxylation is 1. The van der Waals surface area contributed by atoms with Crippen LogP contribution in [0.1, 0.15) is 24.8 Å². The van der Waals surface area contributed by atoms with E-state index in [0.717, 1.165) is 40.9 Å². The van der Waals surface area contributed by atoms with Gasteiger partial charge in [-0.15, -0.1) is 0 Å². The predicted molar refractivity (Wildman–Crippen MR) is 112 cm³/mol. The average molecular weight is 370 g/mol. The van der Waals surface area contributed by atoms with E-state index in [-0.39, 0.29) is 11.1 Å². The molecular weight excluding hydrogens is 348 g/mol. The van der Waals surface area contributed by atoms with Gasteiger partial charge >= 0.3 is 0 Å². The molecule has 0 aliphatic heterocycles. The molecule has 2 aromatic heterocycles. The summed E-state index contributed by atoms with van der Waals surface area (Å²) < 4.78 is 7.79. The highest BCUT2D eigenvalue weighted by Gasteiger charge is 2.34. The van der Waals surface area contributed by atoms with Crippen LogP contribution in [0.5, 0.6) is 0 Å². The van der Waals surface area contributed by atoms with Crippen LogP contribution >= 0.6 is 0 Å². The van der Waals surface area contributed by atoms with Gasteiger partial charge in [-0.05, 0) is 36.5 Å². The minimum absolute atomic E-state index is 0.0571. The zero-order chi connectivity index (χ0) is 19.3. The molecule has 2 heterocycles. The Bertz CT molecular complexity index is 1210. The third kappa shape index (κ3) is 2.53. The third-order valence-electron chi connectivity index (χ3n) is 5.95. The van der Waals surface area contributed by atoms with Gasteiger partial charge in [0.1, 0.15) is 11.3 Å². The molecule has 4 heteroatoms. The lowest BCUT2D eigenvalue weighted by molar-refractivity contribution is 0.253. The molecule has 2 aromatic carbocycles. The molecule has 1 fully saturated rings. The van der Waals surface area contributed by atoms with E-state index in [1.54, 1.807) is 17.8 Å². The van der Waals surface area contributed by atoms with Crippen LogP contribution in [0, 0.1) is 0 Å². The molecule has 0 bridgehead atoms. The second kappa shape index (κ2) is 6.21. The van der Waals surface area contributed by atoms with Gasteiger partial charge in [0.2, 0.25) is 0 Å². The Morgan fingerprint density at radius 1 is 0.964 bits per heavy atom. The summed E-state index contributed by atoms with van der Waals surface area (Å²) in [6, 6.07) is 20.1. The average Bonchev–Trinajstić information content (AvgIpc) is 3.10. The van der Waals surface area contributed by atoms with Crippen LogP contribution in [-0.2, 0) is 12.6 Å². The summed E-state index contributed by atoms with van der Waals surface area (Å²) in [6.45, 7) is 0. The van der Waals surface area contributed by atoms with Crippen molar-refractivity contribution in [1.29, 1.82) is 0 Å². The first-order chi connectivity index (χ1) is 13.6. The Morgan fingerprint density at radius 3 is 2.32 bits per heavy atom. The van der Waals surface area contributed by atoms with Crippen molar-refractivity contribution in [2.24, 2.45) is 12.8 Å². The summed E-state index contributed by atoms with van der Waals surface area (Å²) >= 11 is 0. The van der Waals surface area contributed by atoms with Gasteiger partial charge < -0.3 is 14.7 Å². The maximum atomic E-state index is 12.9. The SMILES string of the molecule is Cn1ccc2oc(-c3ccc(C4(N)CCC4)cc3)c(-c3ccccc3)c2c1=O. The highest BCUT2D eigenvalue weighted by atomic mass is 16.3. The molecule has 1 aliphatic rings. The van der Waals surface area contributed by atoms with Crippen molar-refractivity contribution < 1.29 is 4.42 Å². The van der Waals surface area contributed by atoms with Gasteiger partial charge in [-0.1, -0.05) is 54.6 Å². The van der Waals surface area contributed by atoms with E-state index in [1.807, 2.05) is 36.4 Å². The zero-order valence-corrected chi connectivity index (χ0v) is 15.8. The number of fused-ring (bicyclic) bond motifs is 1. The number of pyridine rings is 1. The van der Waals surface area contributed by atoms with E-state index in [0.29, 0.717) is 11.0 Å². The molecule has 4 aromatic rings. The maximum absolute atomic E-state index is 12.9. The monoisotopic (exact) mass is 370 g/mol. The van der Waals surface area contributed by atoms with E-state index in [2.05, 4.69) is 24.3 Å². The number of nitrogens with zero attached hydrogens (tertiary/aromatic N) is 1. The number of rotatable bonds is 3. The fourth-order valence-corrected chi connectivity index (χ4v) is 4.09. The van der Waals surface area contributed by atoms with Crippen molar-refractivity contribution in [2.45, 2.75) is 24.8 Å². The Labute approximate surface area is 163 Å². The molecule has 1 saturated carbocycles. The molecule has 2 N–H and O–H groups in total. The minimum Gasteiger partial charge on any atom is -0.455 e. The first-order valence-corrected chi connectivity index (χ1v) is 9.64. The molecule has 5 rings (SSSR count). The maximum Gasteiger partial charge on any atom is 0.262 e. The van der Waals surface area contributed by atoms with Gasteiger partial charge in [-0.2, -0.15) is 0 Å². The molecule has 0 atom stereocenters. The topological polar surface area (TPSA) is 61.2 Å². The summed E-state index contributed by atoms with van der Waals surface area (Å²) in [6.07, 6.45) is 4.98. The van der Waals surface area contributed by atoms with Gasteiger partial charge in [-0.25, -0.2) is 0 Å². The van der Waals surface area contributed by atoms with Crippen molar-refractivity contribution >= 4 is 11.0 Å². The summed E-state index contributed by atoms with van der Waals surface area (Å²) in [5.41, 5.74) is 10.7. The van der Waals surface area contributed by atoms with Crippen LogP contribution in [0.3, 0.4) is 0 Å². The number of aromatic nitrogens is 1. The van der Waals surface area contributed by atoms with Crippen LogP contribution in [0.15, 0.2) is 76.1 Å². The number of benzene rings is 2. The second-order valence-corrected chi connectivity index (χ2v) is 7.73. The standard InChI is InChI=1S/C24H22N2O2/c1-26-15-12-19-21(23(26)27)20(16-6-3-2-4-7-16)22(28-19)17-8-10-18(11-9-17)24(25)13-5-14-24/h2-4,6-12,15H,5,13-14,25H2,1H3. The number of furan rings is 1. The number of nitrogens with two attached hydrogens (primary N) is 1. The van der Waals surface area contributed by atoms with E-state index in [4.69, 9.17) is 10.2 Å². The van der Waals surface area contributed by atoms with E-state index in [1.165, 1.54) is 6.42 Å². The summed E-state index contributed by atoms with van der Waals surface area (Å²) in [7, 11) is 1.76. The minimum atomic E-state index is -0.190. The summed E-state index contributed by atoms with van der Waals surface area (Å²) in [5, 5.41) is 0.615. The van der Waals surface area contributed by atoms with Crippen LogP contribution in [0.25, 0.3) is 33.4 Å². The van der Waals surface area contributed by atoms with Crippen LogP contribution in [0.2, 0.25) is 0 Å². The fraction of sp³-hybridized carbons (Fsp3) is 0.208. The van der Waals surface area contributed by atoms with Crippen molar-refractivity contribution in [3.63, 3.8) is 0 Å². The van der Waals surface area contributed by atoms with Gasteiger partial charge in [0.05, 0.1) is 5.39 Å². The van der Waals surface area contributed by atoms with Gasteiger partial charge in [0, 0.05) is 29.9 Å². The van der Waals surface area contributed by atoms with E-state index in [9.17, 15) is 4.79 Å². The summed E-state index contributed by atoms with van der Waals surface area (Å²) in [4.78, 5) is 12.9. The fourth-order valence-electron chi connectivity index (χ4n) is 4.09. The normalized spacial score (nSPS) is 15.5. The molecule has 0 amide bonds. The van der Waals surface area contributed by atoms with Crippen LogP contribution < -0.4 is 11.3 Å². The molecule has 0 unspecified atom stereocenters. The zero-order valence-electron chi connectivity index (χ0n) is 15.8. The smallest absolute Gasteiger partial charge is 0.262 e. The van der Waals surface area contributed by atoms with Crippen LogP contribution in [-0.4, -0.2) is 4.57 Å². The van der Waals surface area contributed by atoms with Crippen molar-refractivity contribution in [1.82, 2.24) is 4.57 Å². The third-order valence-corrected chi connectivity index (χ3v) is 5.95. The Kier molecular flexibility index (Phi) is 3.78. The first kappa shape index (κ1) is 17.0. The Hall–Kier alpha value is -3.11.